The van der Waals surface area contributed by atoms with Gasteiger partial charge in [-0.1, -0.05) is 0 Å². The molecule has 29 heavy (non-hydrogen) atoms. The molecule has 2 heterocycles. The summed E-state index contributed by atoms with van der Waals surface area (Å²) in [4.78, 5) is 27.1. The Balaban J connectivity index is 1.54. The van der Waals surface area contributed by atoms with Crippen molar-refractivity contribution in [3.8, 4) is 0 Å². The summed E-state index contributed by atoms with van der Waals surface area (Å²) in [6.45, 7) is 7.70. The lowest BCUT2D eigenvalue weighted by molar-refractivity contribution is -0.116. The van der Waals surface area contributed by atoms with E-state index in [4.69, 9.17) is 0 Å². The highest BCUT2D eigenvalue weighted by atomic mass is 19.1. The van der Waals surface area contributed by atoms with Gasteiger partial charge in [-0.2, -0.15) is 5.10 Å². The molecule has 1 aromatic carbocycles. The number of benzene rings is 1. The number of amides is 2. The third-order valence-electron chi connectivity index (χ3n) is 5.47. The van der Waals surface area contributed by atoms with Crippen molar-refractivity contribution in [3.63, 3.8) is 0 Å². The number of likely N-dealkylation sites (tertiary alicyclic amines) is 1. The van der Waals surface area contributed by atoms with Crippen molar-refractivity contribution in [2.24, 2.45) is 5.92 Å². The first-order valence-electron chi connectivity index (χ1n) is 10.3. The van der Waals surface area contributed by atoms with E-state index >= 15 is 0 Å². The average molecular weight is 400 g/mol. The zero-order valence-electron chi connectivity index (χ0n) is 17.4. The van der Waals surface area contributed by atoms with Crippen molar-refractivity contribution in [1.82, 2.24) is 14.7 Å². The molecule has 1 fully saturated rings. The quantitative estimate of drug-likeness (QED) is 0.799. The SMILES string of the molecule is CCn1nc(C)cc1C(=O)N1CCCC(CCC(=O)Nc2ccc(F)cc2C)C1. The minimum atomic E-state index is -0.313. The van der Waals surface area contributed by atoms with Gasteiger partial charge in [0.15, 0.2) is 0 Å². The minimum absolute atomic E-state index is 0.0172. The van der Waals surface area contributed by atoms with Gasteiger partial charge in [-0.05, 0) is 75.8 Å². The number of aryl methyl sites for hydroxylation is 3. The summed E-state index contributed by atoms with van der Waals surface area (Å²) in [5.41, 5.74) is 2.82. The van der Waals surface area contributed by atoms with Gasteiger partial charge in [-0.3, -0.25) is 14.3 Å². The number of piperidine rings is 1. The Morgan fingerprint density at radius 3 is 2.79 bits per heavy atom. The van der Waals surface area contributed by atoms with E-state index in [0.29, 0.717) is 42.4 Å². The minimum Gasteiger partial charge on any atom is -0.337 e. The van der Waals surface area contributed by atoms with Gasteiger partial charge in [0.25, 0.3) is 5.91 Å². The van der Waals surface area contributed by atoms with Crippen LogP contribution in [0.4, 0.5) is 10.1 Å². The second kappa shape index (κ2) is 9.20. The van der Waals surface area contributed by atoms with Gasteiger partial charge in [-0.25, -0.2) is 4.39 Å². The molecule has 1 aliphatic rings. The first kappa shape index (κ1) is 21.0. The van der Waals surface area contributed by atoms with E-state index in [2.05, 4.69) is 10.4 Å². The van der Waals surface area contributed by atoms with Gasteiger partial charge >= 0.3 is 0 Å². The molecule has 2 amide bonds. The lowest BCUT2D eigenvalue weighted by Gasteiger charge is -2.32. The first-order valence-corrected chi connectivity index (χ1v) is 10.3. The predicted octanol–water partition coefficient (Wildman–Crippen LogP) is 3.93. The number of carbonyl (C=O) groups is 2. The molecule has 0 bridgehead atoms. The highest BCUT2D eigenvalue weighted by Gasteiger charge is 2.27. The van der Waals surface area contributed by atoms with Crippen LogP contribution in [-0.2, 0) is 11.3 Å². The van der Waals surface area contributed by atoms with Crippen LogP contribution in [0.3, 0.4) is 0 Å². The normalized spacial score (nSPS) is 16.7. The van der Waals surface area contributed by atoms with Crippen LogP contribution in [0.1, 0.15) is 54.4 Å². The molecule has 0 saturated carbocycles. The highest BCUT2D eigenvalue weighted by molar-refractivity contribution is 5.93. The summed E-state index contributed by atoms with van der Waals surface area (Å²) in [6, 6.07) is 6.18. The number of halogens is 1. The maximum Gasteiger partial charge on any atom is 0.272 e. The monoisotopic (exact) mass is 400 g/mol. The number of carbonyl (C=O) groups excluding carboxylic acids is 2. The number of hydrogen-bond acceptors (Lipinski definition) is 3. The molecule has 3 rings (SSSR count). The van der Waals surface area contributed by atoms with Gasteiger partial charge in [0.2, 0.25) is 5.91 Å². The number of anilines is 1. The van der Waals surface area contributed by atoms with Gasteiger partial charge in [0, 0.05) is 31.7 Å². The van der Waals surface area contributed by atoms with Crippen LogP contribution in [0.2, 0.25) is 0 Å². The molecule has 1 unspecified atom stereocenters. The number of nitrogens with one attached hydrogen (secondary N) is 1. The Hall–Kier alpha value is -2.70. The van der Waals surface area contributed by atoms with Gasteiger partial charge in [-0.15, -0.1) is 0 Å². The topological polar surface area (TPSA) is 67.2 Å². The van der Waals surface area contributed by atoms with Gasteiger partial charge < -0.3 is 10.2 Å². The second-order valence-electron chi connectivity index (χ2n) is 7.79. The summed E-state index contributed by atoms with van der Waals surface area (Å²) in [5, 5.41) is 7.23. The van der Waals surface area contributed by atoms with E-state index in [9.17, 15) is 14.0 Å². The van der Waals surface area contributed by atoms with Crippen LogP contribution in [0, 0.1) is 25.6 Å². The molecule has 7 heteroatoms. The molecule has 0 spiro atoms. The van der Waals surface area contributed by atoms with E-state index in [-0.39, 0.29) is 17.6 Å². The van der Waals surface area contributed by atoms with Crippen molar-refractivity contribution < 1.29 is 14.0 Å². The Kier molecular flexibility index (Phi) is 6.67. The summed E-state index contributed by atoms with van der Waals surface area (Å²) in [7, 11) is 0. The number of hydrogen-bond donors (Lipinski definition) is 1. The highest BCUT2D eigenvalue weighted by Crippen LogP contribution is 2.23. The van der Waals surface area contributed by atoms with E-state index < -0.39 is 0 Å². The molecule has 1 N–H and O–H groups in total. The van der Waals surface area contributed by atoms with E-state index in [0.717, 1.165) is 31.5 Å². The fourth-order valence-electron chi connectivity index (χ4n) is 3.92. The van der Waals surface area contributed by atoms with Crippen molar-refractivity contribution in [2.75, 3.05) is 18.4 Å². The first-order chi connectivity index (χ1) is 13.9. The molecule has 0 aliphatic carbocycles. The Labute approximate surface area is 171 Å². The average Bonchev–Trinajstić information content (AvgIpc) is 3.09. The van der Waals surface area contributed by atoms with Crippen molar-refractivity contribution in [3.05, 3.63) is 47.0 Å². The maximum atomic E-state index is 13.2. The molecular formula is C22H29FN4O2. The van der Waals surface area contributed by atoms with Crippen molar-refractivity contribution >= 4 is 17.5 Å². The summed E-state index contributed by atoms with van der Waals surface area (Å²) in [6.07, 6.45) is 3.06. The molecule has 6 nitrogen and oxygen atoms in total. The fraction of sp³-hybridized carbons (Fsp3) is 0.500. The fourth-order valence-corrected chi connectivity index (χ4v) is 3.92. The number of aromatic nitrogens is 2. The Bertz CT molecular complexity index is 893. The van der Waals surface area contributed by atoms with Gasteiger partial charge in [0.05, 0.1) is 5.69 Å². The Morgan fingerprint density at radius 1 is 1.28 bits per heavy atom. The number of rotatable bonds is 6. The summed E-state index contributed by atoms with van der Waals surface area (Å²) >= 11 is 0. The molecule has 1 aromatic heterocycles. The smallest absolute Gasteiger partial charge is 0.272 e. The van der Waals surface area contributed by atoms with Crippen LogP contribution < -0.4 is 5.32 Å². The summed E-state index contributed by atoms with van der Waals surface area (Å²) < 4.78 is 14.9. The van der Waals surface area contributed by atoms with Crippen LogP contribution in [0.25, 0.3) is 0 Å². The zero-order chi connectivity index (χ0) is 21.0. The van der Waals surface area contributed by atoms with Gasteiger partial charge in [0.1, 0.15) is 11.5 Å². The lowest BCUT2D eigenvalue weighted by atomic mass is 9.93. The predicted molar refractivity (Wildman–Crippen MR) is 110 cm³/mol. The number of nitrogens with zero attached hydrogens (tertiary/aromatic N) is 3. The van der Waals surface area contributed by atoms with Crippen LogP contribution in [-0.4, -0.2) is 39.6 Å². The lowest BCUT2D eigenvalue weighted by Crippen LogP contribution is -2.41. The molecule has 1 saturated heterocycles. The molecular weight excluding hydrogens is 371 g/mol. The third kappa shape index (κ3) is 5.22. The maximum absolute atomic E-state index is 13.2. The van der Waals surface area contributed by atoms with E-state index in [1.54, 1.807) is 17.7 Å². The third-order valence-corrected chi connectivity index (χ3v) is 5.47. The molecule has 2 aromatic rings. The van der Waals surface area contributed by atoms with Crippen LogP contribution in [0.5, 0.6) is 0 Å². The molecule has 1 atom stereocenters. The van der Waals surface area contributed by atoms with Crippen LogP contribution >= 0.6 is 0 Å². The molecule has 0 radical (unpaired) electrons. The Morgan fingerprint density at radius 2 is 2.07 bits per heavy atom. The zero-order valence-corrected chi connectivity index (χ0v) is 17.4. The van der Waals surface area contributed by atoms with Crippen molar-refractivity contribution in [1.29, 1.82) is 0 Å². The molecule has 1 aliphatic heterocycles. The van der Waals surface area contributed by atoms with Crippen LogP contribution in [0.15, 0.2) is 24.3 Å². The summed E-state index contributed by atoms with van der Waals surface area (Å²) in [5.74, 6) is -0.0784. The van der Waals surface area contributed by atoms with E-state index in [1.807, 2.05) is 24.8 Å². The standard InChI is InChI=1S/C22H29FN4O2/c1-4-27-20(13-16(3)25-27)22(29)26-11-5-6-17(14-26)7-10-21(28)24-19-9-8-18(23)12-15(19)2/h8-9,12-13,17H,4-7,10-11,14H2,1-3H3,(H,24,28). The second-order valence-corrected chi connectivity index (χ2v) is 7.79. The molecule has 156 valence electrons. The largest absolute Gasteiger partial charge is 0.337 e. The van der Waals surface area contributed by atoms with E-state index in [1.165, 1.54) is 12.1 Å². The van der Waals surface area contributed by atoms with Crippen molar-refractivity contribution in [2.45, 2.75) is 53.0 Å².